The maximum atomic E-state index is 13.1. The van der Waals surface area contributed by atoms with Crippen LogP contribution in [0.1, 0.15) is 53.0 Å². The Bertz CT molecular complexity index is 938. The summed E-state index contributed by atoms with van der Waals surface area (Å²) in [5, 5.41) is 3.49. The Morgan fingerprint density at radius 3 is 2.69 bits per heavy atom. The van der Waals surface area contributed by atoms with Crippen molar-refractivity contribution in [2.24, 2.45) is 0 Å². The molecule has 5 nitrogen and oxygen atoms in total. The summed E-state index contributed by atoms with van der Waals surface area (Å²) in [7, 11) is 1.60. The summed E-state index contributed by atoms with van der Waals surface area (Å²) < 4.78 is 11.4. The summed E-state index contributed by atoms with van der Waals surface area (Å²) in [6.07, 6.45) is 6.55. The average molecular weight is 415 g/mol. The number of hydrogen-bond donors (Lipinski definition) is 1. The molecule has 154 valence electrons. The Kier molecular flexibility index (Phi) is 6.80. The van der Waals surface area contributed by atoms with Crippen molar-refractivity contribution in [1.29, 1.82) is 0 Å². The van der Waals surface area contributed by atoms with Gasteiger partial charge in [-0.1, -0.05) is 23.8 Å². The summed E-state index contributed by atoms with van der Waals surface area (Å²) in [6.45, 7) is 6.19. The molecule has 29 heavy (non-hydrogen) atoms. The van der Waals surface area contributed by atoms with Gasteiger partial charge in [0.05, 0.1) is 13.2 Å². The first-order valence-electron chi connectivity index (χ1n) is 9.84. The minimum atomic E-state index is -0.196. The van der Waals surface area contributed by atoms with Crippen LogP contribution in [0.25, 0.3) is 0 Å². The number of pyridine rings is 1. The molecular weight excluding hydrogens is 388 g/mol. The number of methoxy groups -OCH3 is 1. The lowest BCUT2D eigenvalue weighted by atomic mass is 9.99. The molecule has 1 N–H and O–H groups in total. The second-order valence-corrected chi connectivity index (χ2v) is 7.84. The van der Waals surface area contributed by atoms with Crippen LogP contribution in [0.5, 0.6) is 11.6 Å². The summed E-state index contributed by atoms with van der Waals surface area (Å²) in [4.78, 5) is 17.5. The lowest BCUT2D eigenvalue weighted by Gasteiger charge is -2.19. The highest BCUT2D eigenvalue weighted by molar-refractivity contribution is 6.31. The Morgan fingerprint density at radius 2 is 1.97 bits per heavy atom. The van der Waals surface area contributed by atoms with Crippen molar-refractivity contribution in [1.82, 2.24) is 10.3 Å². The molecule has 1 aliphatic heterocycles. The van der Waals surface area contributed by atoms with Crippen molar-refractivity contribution >= 4 is 17.5 Å². The number of nitrogens with one attached hydrogen (secondary N) is 1. The molecule has 0 aliphatic carbocycles. The second kappa shape index (κ2) is 9.31. The van der Waals surface area contributed by atoms with Gasteiger partial charge in [0.2, 0.25) is 5.88 Å². The van der Waals surface area contributed by atoms with Crippen molar-refractivity contribution < 1.29 is 14.3 Å². The number of carbonyl (C=O) groups excluding carboxylic acids is 1. The van der Waals surface area contributed by atoms with Crippen molar-refractivity contribution in [3.63, 3.8) is 0 Å². The van der Waals surface area contributed by atoms with E-state index < -0.39 is 0 Å². The highest BCUT2D eigenvalue weighted by Crippen LogP contribution is 2.30. The normalized spacial score (nSPS) is 15.4. The largest absolute Gasteiger partial charge is 0.491 e. The van der Waals surface area contributed by atoms with Gasteiger partial charge < -0.3 is 14.8 Å². The van der Waals surface area contributed by atoms with E-state index in [-0.39, 0.29) is 12.0 Å². The molecule has 2 aromatic rings. The average Bonchev–Trinajstić information content (AvgIpc) is 2.65. The lowest BCUT2D eigenvalue weighted by molar-refractivity contribution is 0.0948. The topological polar surface area (TPSA) is 60.5 Å². The molecule has 0 atom stereocenters. The molecule has 1 aromatic carbocycles. The molecule has 6 heteroatoms. The second-order valence-electron chi connectivity index (χ2n) is 7.40. The minimum Gasteiger partial charge on any atom is -0.491 e. The monoisotopic (exact) mass is 414 g/mol. The van der Waals surface area contributed by atoms with E-state index in [1.165, 1.54) is 0 Å². The number of aromatic nitrogens is 1. The van der Waals surface area contributed by atoms with Crippen LogP contribution in [0, 0.1) is 6.92 Å². The van der Waals surface area contributed by atoms with E-state index in [9.17, 15) is 4.79 Å². The Labute approximate surface area is 177 Å². The zero-order chi connectivity index (χ0) is 21.0. The van der Waals surface area contributed by atoms with Crippen LogP contribution < -0.4 is 14.8 Å². The van der Waals surface area contributed by atoms with Gasteiger partial charge in [-0.3, -0.25) is 4.79 Å². The number of ether oxygens (including phenoxy) is 2. The van der Waals surface area contributed by atoms with E-state index in [0.717, 1.165) is 35.2 Å². The third-order valence-corrected chi connectivity index (χ3v) is 4.99. The summed E-state index contributed by atoms with van der Waals surface area (Å²) in [5.74, 6) is 1.00. The molecule has 0 radical (unpaired) electrons. The van der Waals surface area contributed by atoms with Gasteiger partial charge >= 0.3 is 0 Å². The maximum absolute atomic E-state index is 13.1. The molecule has 0 saturated carbocycles. The molecule has 2 heterocycles. The minimum absolute atomic E-state index is 0.0172. The Balaban J connectivity index is 2.04. The molecule has 0 bridgehead atoms. The van der Waals surface area contributed by atoms with Gasteiger partial charge in [0, 0.05) is 34.0 Å². The van der Waals surface area contributed by atoms with Crippen LogP contribution in [0.4, 0.5) is 0 Å². The lowest BCUT2D eigenvalue weighted by Crippen LogP contribution is -2.26. The number of benzene rings is 1. The molecular formula is C23H27ClN2O3. The molecule has 1 amide bonds. The maximum Gasteiger partial charge on any atom is 0.252 e. The third-order valence-electron chi connectivity index (χ3n) is 4.78. The van der Waals surface area contributed by atoms with Crippen LogP contribution in [-0.4, -0.2) is 24.1 Å². The van der Waals surface area contributed by atoms with Crippen LogP contribution in [0.3, 0.4) is 0 Å². The quantitative estimate of drug-likeness (QED) is 0.732. The standard InChI is InChI=1S/C23H27ClN2O3/c1-14(2)29-21-12-17(24)11-19-18(21)9-7-5-6-8-16-10-15(3)26-23(28-4)20(16)13-25-22(19)27/h5,7,10-12,14H,6,8-9,13H2,1-4H3,(H,25,27)/b7-5+. The molecule has 0 spiro atoms. The number of fused-ring (bicyclic) bond motifs is 2. The van der Waals surface area contributed by atoms with Crippen molar-refractivity contribution in [3.8, 4) is 11.6 Å². The van der Waals surface area contributed by atoms with Crippen molar-refractivity contribution in [3.05, 3.63) is 63.3 Å². The first kappa shape index (κ1) is 21.2. The van der Waals surface area contributed by atoms with Gasteiger partial charge in [0.1, 0.15) is 5.75 Å². The zero-order valence-corrected chi connectivity index (χ0v) is 18.1. The molecule has 1 aliphatic rings. The predicted molar refractivity (Wildman–Crippen MR) is 115 cm³/mol. The number of rotatable bonds is 3. The van der Waals surface area contributed by atoms with Crippen molar-refractivity contribution in [2.45, 2.75) is 52.7 Å². The number of allylic oxidation sites excluding steroid dienone is 2. The van der Waals surface area contributed by atoms with Gasteiger partial charge in [-0.15, -0.1) is 0 Å². The van der Waals surface area contributed by atoms with E-state index >= 15 is 0 Å². The summed E-state index contributed by atoms with van der Waals surface area (Å²) in [6, 6.07) is 5.53. The summed E-state index contributed by atoms with van der Waals surface area (Å²) >= 11 is 6.29. The van der Waals surface area contributed by atoms with E-state index in [1.54, 1.807) is 19.2 Å². The number of amides is 1. The fraction of sp³-hybridized carbons (Fsp3) is 0.391. The number of aryl methyl sites for hydroxylation is 2. The molecule has 1 aromatic heterocycles. The number of carbonyl (C=O) groups is 1. The van der Waals surface area contributed by atoms with Gasteiger partial charge in [-0.25, -0.2) is 4.98 Å². The van der Waals surface area contributed by atoms with E-state index in [0.29, 0.717) is 35.2 Å². The molecule has 3 rings (SSSR count). The Morgan fingerprint density at radius 1 is 1.17 bits per heavy atom. The first-order valence-corrected chi connectivity index (χ1v) is 10.2. The Hall–Kier alpha value is -2.53. The number of halogens is 1. The molecule has 0 unspecified atom stereocenters. The molecule has 0 fully saturated rings. The van der Waals surface area contributed by atoms with Gasteiger partial charge in [-0.05, 0) is 63.8 Å². The van der Waals surface area contributed by atoms with E-state index in [1.807, 2.05) is 20.8 Å². The summed E-state index contributed by atoms with van der Waals surface area (Å²) in [5.41, 5.74) is 4.30. The van der Waals surface area contributed by atoms with Gasteiger partial charge in [0.15, 0.2) is 0 Å². The van der Waals surface area contributed by atoms with E-state index in [2.05, 4.69) is 28.5 Å². The van der Waals surface area contributed by atoms with Crippen LogP contribution in [-0.2, 0) is 19.4 Å². The highest BCUT2D eigenvalue weighted by atomic mass is 35.5. The molecule has 0 saturated heterocycles. The van der Waals surface area contributed by atoms with Crippen LogP contribution >= 0.6 is 11.6 Å². The van der Waals surface area contributed by atoms with Gasteiger partial charge in [0.25, 0.3) is 5.91 Å². The third kappa shape index (κ3) is 5.10. The zero-order valence-electron chi connectivity index (χ0n) is 17.3. The first-order chi connectivity index (χ1) is 13.9. The van der Waals surface area contributed by atoms with E-state index in [4.69, 9.17) is 21.1 Å². The smallest absolute Gasteiger partial charge is 0.252 e. The van der Waals surface area contributed by atoms with Crippen LogP contribution in [0.15, 0.2) is 30.4 Å². The highest BCUT2D eigenvalue weighted by Gasteiger charge is 2.20. The fourth-order valence-electron chi connectivity index (χ4n) is 3.52. The fourth-order valence-corrected chi connectivity index (χ4v) is 3.73. The van der Waals surface area contributed by atoms with Crippen LogP contribution in [0.2, 0.25) is 5.02 Å². The SMILES string of the molecule is COc1nc(C)cc2c1CNC(=O)c1cc(Cl)cc(OC(C)C)c1C/C=C/CC2. The van der Waals surface area contributed by atoms with Crippen molar-refractivity contribution in [2.75, 3.05) is 7.11 Å². The number of hydrogen-bond acceptors (Lipinski definition) is 4. The number of nitrogens with zero attached hydrogens (tertiary/aromatic N) is 1. The van der Waals surface area contributed by atoms with Gasteiger partial charge in [-0.2, -0.15) is 0 Å². The predicted octanol–water partition coefficient (Wildman–Crippen LogP) is 4.81.